The molecule has 8 nitrogen and oxygen atoms in total. The Hall–Kier alpha value is -3.95. The third-order valence-electron chi connectivity index (χ3n) is 6.95. The Kier molecular flexibility index (Phi) is 11.5. The Labute approximate surface area is 268 Å². The van der Waals surface area contributed by atoms with Crippen molar-refractivity contribution in [3.8, 4) is 22.5 Å². The lowest BCUT2D eigenvalue weighted by atomic mass is 10.00. The molecule has 0 amide bonds. The van der Waals surface area contributed by atoms with E-state index in [-0.39, 0.29) is 12.4 Å². The number of nitrogens with zero attached hydrogens (tertiary/aromatic N) is 4. The SMILES string of the molecule is C=C.CC.CC(C)(C)O.COC(=O)Cc1c(C)c2c3c(cc(-c4ccnc(-c5ccc6c(cnn6C)c5)c4)n3CCN2)c1Br. The van der Waals surface area contributed by atoms with Crippen LogP contribution in [-0.2, 0) is 29.5 Å². The number of hydrogen-bond donors (Lipinski definition) is 2. The summed E-state index contributed by atoms with van der Waals surface area (Å²) < 4.78 is 10.1. The average Bonchev–Trinajstić information content (AvgIpc) is 3.60. The first-order valence-electron chi connectivity index (χ1n) is 14.7. The zero-order valence-electron chi connectivity index (χ0n) is 27.1. The second-order valence-electron chi connectivity index (χ2n) is 11.1. The first-order valence-corrected chi connectivity index (χ1v) is 15.5. The number of pyridine rings is 1. The van der Waals surface area contributed by atoms with Crippen molar-refractivity contribution in [2.45, 2.75) is 60.1 Å². The lowest BCUT2D eigenvalue weighted by Gasteiger charge is -2.24. The molecule has 1 aliphatic heterocycles. The van der Waals surface area contributed by atoms with Crippen LogP contribution < -0.4 is 5.32 Å². The number of ether oxygens (including phenoxy) is 1. The summed E-state index contributed by atoms with van der Waals surface area (Å²) in [5.41, 5.74) is 9.06. The van der Waals surface area contributed by atoms with Gasteiger partial charge in [0.2, 0.25) is 0 Å². The molecule has 2 N–H and O–H groups in total. The molecular weight excluding hydrogens is 618 g/mol. The van der Waals surface area contributed by atoms with Crippen molar-refractivity contribution in [3.05, 3.63) is 77.5 Å². The predicted octanol–water partition coefficient (Wildman–Crippen LogP) is 8.07. The molecule has 0 atom stereocenters. The van der Waals surface area contributed by atoms with Gasteiger partial charge < -0.3 is 19.7 Å². The van der Waals surface area contributed by atoms with Crippen LogP contribution in [0, 0.1) is 6.92 Å². The molecule has 2 aromatic carbocycles. The molecule has 0 bridgehead atoms. The molecule has 0 spiro atoms. The summed E-state index contributed by atoms with van der Waals surface area (Å²) in [4.78, 5) is 16.8. The largest absolute Gasteiger partial charge is 0.469 e. The summed E-state index contributed by atoms with van der Waals surface area (Å²) in [7, 11) is 3.37. The number of rotatable bonds is 4. The van der Waals surface area contributed by atoms with E-state index in [0.29, 0.717) is 0 Å². The van der Waals surface area contributed by atoms with Crippen molar-refractivity contribution >= 4 is 49.4 Å². The van der Waals surface area contributed by atoms with E-state index in [9.17, 15) is 4.79 Å². The van der Waals surface area contributed by atoms with Crippen LogP contribution in [0.5, 0.6) is 0 Å². The van der Waals surface area contributed by atoms with Crippen LogP contribution >= 0.6 is 15.9 Å². The zero-order valence-corrected chi connectivity index (χ0v) is 28.7. The van der Waals surface area contributed by atoms with Crippen LogP contribution in [0.15, 0.2) is 66.4 Å². The van der Waals surface area contributed by atoms with Gasteiger partial charge in [-0.05, 0) is 85.1 Å². The summed E-state index contributed by atoms with van der Waals surface area (Å²) in [6.45, 7) is 19.0. The number of carbonyl (C=O) groups is 1. The van der Waals surface area contributed by atoms with E-state index in [2.05, 4.69) is 92.4 Å². The molecule has 1 aliphatic rings. The summed E-state index contributed by atoms with van der Waals surface area (Å²) in [6.07, 6.45) is 3.98. The second-order valence-corrected chi connectivity index (χ2v) is 11.9. The maximum absolute atomic E-state index is 12.1. The maximum atomic E-state index is 12.1. The van der Waals surface area contributed by atoms with E-state index in [1.807, 2.05) is 38.0 Å². The van der Waals surface area contributed by atoms with E-state index in [4.69, 9.17) is 9.84 Å². The molecule has 4 heterocycles. The fraction of sp³-hybridized carbons (Fsp3) is 0.343. The number of carbonyl (C=O) groups excluding carboxylic acids is 1. The smallest absolute Gasteiger partial charge is 0.310 e. The van der Waals surface area contributed by atoms with Gasteiger partial charge in [-0.25, -0.2) is 0 Å². The lowest BCUT2D eigenvalue weighted by Crippen LogP contribution is -2.19. The Morgan fingerprint density at radius 1 is 1.14 bits per heavy atom. The highest BCUT2D eigenvalue weighted by molar-refractivity contribution is 9.10. The molecule has 44 heavy (non-hydrogen) atoms. The minimum absolute atomic E-state index is 0.226. The van der Waals surface area contributed by atoms with Crippen molar-refractivity contribution < 1.29 is 14.6 Å². The van der Waals surface area contributed by atoms with Gasteiger partial charge in [-0.2, -0.15) is 5.10 Å². The topological polar surface area (TPSA) is 94.2 Å². The third-order valence-corrected chi connectivity index (χ3v) is 7.85. The number of aliphatic hydroxyl groups is 1. The number of fused-ring (bicyclic) bond motifs is 1. The average molecular weight is 663 g/mol. The van der Waals surface area contributed by atoms with E-state index < -0.39 is 5.60 Å². The Balaban J connectivity index is 0.000000528. The number of hydrogen-bond acceptors (Lipinski definition) is 6. The molecule has 0 fully saturated rings. The van der Waals surface area contributed by atoms with Gasteiger partial charge in [-0.1, -0.05) is 19.9 Å². The van der Waals surface area contributed by atoms with Gasteiger partial charge in [0, 0.05) is 58.4 Å². The Morgan fingerprint density at radius 3 is 2.48 bits per heavy atom. The van der Waals surface area contributed by atoms with E-state index >= 15 is 0 Å². The second kappa shape index (κ2) is 14.7. The van der Waals surface area contributed by atoms with Crippen LogP contribution in [-0.4, -0.2) is 49.7 Å². The van der Waals surface area contributed by atoms with Crippen LogP contribution in [0.25, 0.3) is 44.3 Å². The molecule has 9 heteroatoms. The molecular formula is C35H44BrN5O3. The predicted molar refractivity (Wildman–Crippen MR) is 186 cm³/mol. The number of anilines is 1. The number of esters is 1. The molecule has 5 aromatic rings. The van der Waals surface area contributed by atoms with Crippen molar-refractivity contribution in [2.24, 2.45) is 7.05 Å². The summed E-state index contributed by atoms with van der Waals surface area (Å²) >= 11 is 3.80. The first-order chi connectivity index (χ1) is 21.0. The molecule has 0 aliphatic carbocycles. The Morgan fingerprint density at radius 2 is 1.82 bits per heavy atom. The summed E-state index contributed by atoms with van der Waals surface area (Å²) in [6, 6.07) is 12.7. The molecule has 3 aromatic heterocycles. The van der Waals surface area contributed by atoms with Crippen LogP contribution in [0.3, 0.4) is 0 Å². The minimum Gasteiger partial charge on any atom is -0.469 e. The molecule has 0 unspecified atom stereocenters. The number of methoxy groups -OCH3 is 1. The normalized spacial score (nSPS) is 11.8. The molecule has 0 saturated carbocycles. The van der Waals surface area contributed by atoms with Crippen LogP contribution in [0.4, 0.5) is 5.69 Å². The zero-order chi connectivity index (χ0) is 32.8. The van der Waals surface area contributed by atoms with Gasteiger partial charge in [0.05, 0.1) is 47.7 Å². The van der Waals surface area contributed by atoms with Crippen LogP contribution in [0.2, 0.25) is 0 Å². The number of halogens is 1. The highest BCUT2D eigenvalue weighted by Gasteiger charge is 2.25. The fourth-order valence-corrected chi connectivity index (χ4v) is 5.86. The Bertz CT molecular complexity index is 1760. The summed E-state index contributed by atoms with van der Waals surface area (Å²) in [5, 5.41) is 18.6. The number of aryl methyl sites for hydroxylation is 1. The fourth-order valence-electron chi connectivity index (χ4n) is 5.12. The van der Waals surface area contributed by atoms with Crippen molar-refractivity contribution in [1.82, 2.24) is 19.3 Å². The van der Waals surface area contributed by atoms with Crippen molar-refractivity contribution in [3.63, 3.8) is 0 Å². The number of benzene rings is 2. The summed E-state index contributed by atoms with van der Waals surface area (Å²) in [5.74, 6) is -0.250. The van der Waals surface area contributed by atoms with Gasteiger partial charge in [0.25, 0.3) is 0 Å². The first kappa shape index (κ1) is 34.5. The number of nitrogens with one attached hydrogen (secondary N) is 1. The maximum Gasteiger partial charge on any atom is 0.310 e. The standard InChI is InChI=1S/C27H24BrN5O2.C4H10O.C2H6.C2H4/c1-15-19(13-24(34)35-3)25(28)20-12-23(33-9-8-30-26(15)27(20)33)17-6-7-29-21(11-17)16-4-5-22-18(10-16)14-31-32(22)2;1-4(2,3)5;2*1-2/h4-7,10-12,14,30H,8-9,13H2,1-3H3;5H,1-3H3;1-2H3;1-2H2. The third kappa shape index (κ3) is 7.39. The van der Waals surface area contributed by atoms with Crippen LogP contribution in [0.1, 0.15) is 45.7 Å². The molecule has 0 saturated heterocycles. The van der Waals surface area contributed by atoms with E-state index in [1.54, 1.807) is 20.8 Å². The van der Waals surface area contributed by atoms with Gasteiger partial charge >= 0.3 is 5.97 Å². The highest BCUT2D eigenvalue weighted by Crippen LogP contribution is 2.43. The molecule has 234 valence electrons. The van der Waals surface area contributed by atoms with Crippen molar-refractivity contribution in [2.75, 3.05) is 19.0 Å². The van der Waals surface area contributed by atoms with E-state index in [0.717, 1.165) is 78.7 Å². The lowest BCUT2D eigenvalue weighted by molar-refractivity contribution is -0.139. The number of aromatic nitrogens is 4. The van der Waals surface area contributed by atoms with Gasteiger partial charge in [-0.3, -0.25) is 14.5 Å². The molecule has 6 rings (SSSR count). The van der Waals surface area contributed by atoms with Gasteiger partial charge in [-0.15, -0.1) is 13.2 Å². The molecule has 0 radical (unpaired) electrons. The van der Waals surface area contributed by atoms with Gasteiger partial charge in [0.1, 0.15) is 0 Å². The van der Waals surface area contributed by atoms with E-state index in [1.165, 1.54) is 7.11 Å². The minimum atomic E-state index is -0.500. The van der Waals surface area contributed by atoms with Crippen molar-refractivity contribution in [1.29, 1.82) is 0 Å². The monoisotopic (exact) mass is 661 g/mol. The van der Waals surface area contributed by atoms with Gasteiger partial charge in [0.15, 0.2) is 0 Å². The highest BCUT2D eigenvalue weighted by atomic mass is 79.9. The quantitative estimate of drug-likeness (QED) is 0.149.